The van der Waals surface area contributed by atoms with Crippen LogP contribution in [-0.4, -0.2) is 65.6 Å². The highest BCUT2D eigenvalue weighted by Gasteiger charge is 2.34. The molecule has 3 aromatic rings. The van der Waals surface area contributed by atoms with Crippen molar-refractivity contribution in [2.45, 2.75) is 37.8 Å². The van der Waals surface area contributed by atoms with E-state index in [2.05, 4.69) is 5.32 Å². The van der Waals surface area contributed by atoms with E-state index in [9.17, 15) is 18.0 Å². The Morgan fingerprint density at radius 2 is 1.56 bits per heavy atom. The van der Waals surface area contributed by atoms with Crippen molar-refractivity contribution in [1.82, 2.24) is 10.2 Å². The van der Waals surface area contributed by atoms with Crippen LogP contribution < -0.4 is 23.8 Å². The largest absolute Gasteiger partial charge is 0.497 e. The molecule has 0 aromatic heterocycles. The predicted octanol–water partition coefficient (Wildman–Crippen LogP) is 3.85. The average molecular weight is 584 g/mol. The van der Waals surface area contributed by atoms with Crippen molar-refractivity contribution in [3.8, 4) is 17.2 Å². The van der Waals surface area contributed by atoms with E-state index >= 15 is 0 Å². The summed E-state index contributed by atoms with van der Waals surface area (Å²) in [5, 5.41) is 2.82. The van der Waals surface area contributed by atoms with Crippen molar-refractivity contribution < 1.29 is 32.2 Å². The van der Waals surface area contributed by atoms with Gasteiger partial charge in [0.25, 0.3) is 10.0 Å². The molecule has 0 aliphatic heterocycles. The minimum atomic E-state index is -4.25. The number of carbonyl (C=O) groups is 2. The molecule has 11 heteroatoms. The lowest BCUT2D eigenvalue weighted by molar-refractivity contribution is -0.139. The Balaban J connectivity index is 2.10. The molecule has 1 N–H and O–H groups in total. The summed E-state index contributed by atoms with van der Waals surface area (Å²) in [5.74, 6) is 0.261. The average Bonchev–Trinajstić information content (AvgIpc) is 3.00. The first kappa shape index (κ1) is 31.3. The minimum Gasteiger partial charge on any atom is -0.497 e. The fraction of sp³-hybridized carbons (Fsp3) is 0.333. The molecule has 1 atom stereocenters. The van der Waals surface area contributed by atoms with Gasteiger partial charge in [0, 0.05) is 19.2 Å². The van der Waals surface area contributed by atoms with Crippen LogP contribution in [0, 0.1) is 0 Å². The molecule has 0 aliphatic rings. The standard InChI is InChI=1S/C30H37N3O7S/c1-6-17-31-30(35)22(2)32(20-23-11-10-12-24(18-23)38-3)29(34)21-33(41(36,37)26-13-8-7-9-14-26)27-19-25(39-4)15-16-28(27)40-5/h7-16,18-19,22H,6,17,20-21H2,1-5H3,(H,31,35)/t22-/m0/s1. The molecule has 10 nitrogen and oxygen atoms in total. The van der Waals surface area contributed by atoms with Crippen LogP contribution in [-0.2, 0) is 26.2 Å². The van der Waals surface area contributed by atoms with Crippen molar-refractivity contribution in [3.63, 3.8) is 0 Å². The Labute approximate surface area is 241 Å². The summed E-state index contributed by atoms with van der Waals surface area (Å²) < 4.78 is 45.2. The number of amides is 2. The molecule has 3 rings (SSSR count). The molecule has 0 spiro atoms. The first-order chi connectivity index (χ1) is 19.7. The first-order valence-corrected chi connectivity index (χ1v) is 14.6. The van der Waals surface area contributed by atoms with Gasteiger partial charge in [0.1, 0.15) is 29.8 Å². The molecule has 0 heterocycles. The smallest absolute Gasteiger partial charge is 0.264 e. The molecule has 0 saturated carbocycles. The van der Waals surface area contributed by atoms with Gasteiger partial charge >= 0.3 is 0 Å². The summed E-state index contributed by atoms with van der Waals surface area (Å²) in [6, 6.07) is 18.7. The number of nitrogens with zero attached hydrogens (tertiary/aromatic N) is 2. The van der Waals surface area contributed by atoms with E-state index in [0.717, 1.165) is 10.7 Å². The molecule has 3 aromatic carbocycles. The summed E-state index contributed by atoms with van der Waals surface area (Å²) >= 11 is 0. The fourth-order valence-corrected chi connectivity index (χ4v) is 5.61. The van der Waals surface area contributed by atoms with E-state index < -0.39 is 28.5 Å². The van der Waals surface area contributed by atoms with E-state index in [1.54, 1.807) is 55.5 Å². The third-order valence-corrected chi connectivity index (χ3v) is 8.24. The summed E-state index contributed by atoms with van der Waals surface area (Å²) in [7, 11) is 0.154. The molecule has 0 radical (unpaired) electrons. The number of ether oxygens (including phenoxy) is 3. The molecule has 2 amide bonds. The Kier molecular flexibility index (Phi) is 11.0. The highest BCUT2D eigenvalue weighted by atomic mass is 32.2. The molecule has 0 aliphatic carbocycles. The molecule has 0 saturated heterocycles. The number of rotatable bonds is 14. The quantitative estimate of drug-likeness (QED) is 0.307. The topological polar surface area (TPSA) is 114 Å². The number of sulfonamides is 1. The lowest BCUT2D eigenvalue weighted by Gasteiger charge is -2.32. The van der Waals surface area contributed by atoms with Crippen LogP contribution in [0.3, 0.4) is 0 Å². The Hall–Kier alpha value is -4.25. The number of carbonyl (C=O) groups excluding carboxylic acids is 2. The van der Waals surface area contributed by atoms with Crippen molar-refractivity contribution in [2.24, 2.45) is 0 Å². The molecular weight excluding hydrogens is 546 g/mol. The lowest BCUT2D eigenvalue weighted by atomic mass is 10.1. The van der Waals surface area contributed by atoms with Gasteiger partial charge in [-0.05, 0) is 55.3 Å². The summed E-state index contributed by atoms with van der Waals surface area (Å²) in [4.78, 5) is 28.4. The molecule has 41 heavy (non-hydrogen) atoms. The maximum Gasteiger partial charge on any atom is 0.264 e. The van der Waals surface area contributed by atoms with Gasteiger partial charge in [-0.2, -0.15) is 0 Å². The van der Waals surface area contributed by atoms with Crippen LogP contribution in [0.5, 0.6) is 17.2 Å². The molecule has 0 bridgehead atoms. The van der Waals surface area contributed by atoms with Gasteiger partial charge in [0.2, 0.25) is 11.8 Å². The van der Waals surface area contributed by atoms with Crippen molar-refractivity contribution in [1.29, 1.82) is 0 Å². The normalized spacial score (nSPS) is 11.7. The molecule has 0 unspecified atom stereocenters. The van der Waals surface area contributed by atoms with Crippen LogP contribution in [0.25, 0.3) is 0 Å². The Morgan fingerprint density at radius 1 is 0.878 bits per heavy atom. The van der Waals surface area contributed by atoms with E-state index in [-0.39, 0.29) is 28.8 Å². The summed E-state index contributed by atoms with van der Waals surface area (Å²) in [5.41, 5.74) is 0.831. The van der Waals surface area contributed by atoms with E-state index in [4.69, 9.17) is 14.2 Å². The second-order valence-electron chi connectivity index (χ2n) is 9.20. The van der Waals surface area contributed by atoms with Gasteiger partial charge in [-0.1, -0.05) is 37.3 Å². The number of benzene rings is 3. The minimum absolute atomic E-state index is 0.00856. The second-order valence-corrected chi connectivity index (χ2v) is 11.1. The highest BCUT2D eigenvalue weighted by Crippen LogP contribution is 2.36. The van der Waals surface area contributed by atoms with Gasteiger partial charge in [-0.15, -0.1) is 0 Å². The van der Waals surface area contributed by atoms with Crippen molar-refractivity contribution in [2.75, 3.05) is 38.7 Å². The van der Waals surface area contributed by atoms with Crippen LogP contribution in [0.2, 0.25) is 0 Å². The number of anilines is 1. The van der Waals surface area contributed by atoms with Gasteiger partial charge in [-0.3, -0.25) is 13.9 Å². The molecule has 220 valence electrons. The molecular formula is C30H37N3O7S. The van der Waals surface area contributed by atoms with E-state index in [1.807, 2.05) is 13.0 Å². The van der Waals surface area contributed by atoms with Crippen LogP contribution in [0.4, 0.5) is 5.69 Å². The van der Waals surface area contributed by atoms with E-state index in [0.29, 0.717) is 23.6 Å². The van der Waals surface area contributed by atoms with Crippen molar-refractivity contribution in [3.05, 3.63) is 78.4 Å². The third-order valence-electron chi connectivity index (χ3n) is 6.47. The van der Waals surface area contributed by atoms with Gasteiger partial charge in [0.05, 0.1) is 31.9 Å². The Morgan fingerprint density at radius 3 is 2.20 bits per heavy atom. The summed E-state index contributed by atoms with van der Waals surface area (Å²) in [6.07, 6.45) is 0.723. The van der Waals surface area contributed by atoms with E-state index in [1.165, 1.54) is 44.4 Å². The lowest BCUT2D eigenvalue weighted by Crippen LogP contribution is -2.51. The first-order valence-electron chi connectivity index (χ1n) is 13.2. The zero-order chi connectivity index (χ0) is 30.0. The van der Waals surface area contributed by atoms with Crippen LogP contribution >= 0.6 is 0 Å². The fourth-order valence-electron chi connectivity index (χ4n) is 4.17. The number of methoxy groups -OCH3 is 3. The van der Waals surface area contributed by atoms with Crippen LogP contribution in [0.1, 0.15) is 25.8 Å². The third kappa shape index (κ3) is 7.69. The van der Waals surface area contributed by atoms with Crippen molar-refractivity contribution >= 4 is 27.5 Å². The molecule has 0 fully saturated rings. The van der Waals surface area contributed by atoms with Crippen LogP contribution in [0.15, 0.2) is 77.7 Å². The SMILES string of the molecule is CCCNC(=O)[C@H](C)N(Cc1cccc(OC)c1)C(=O)CN(c1cc(OC)ccc1OC)S(=O)(=O)c1ccccc1. The van der Waals surface area contributed by atoms with Gasteiger partial charge in [-0.25, -0.2) is 8.42 Å². The summed E-state index contributed by atoms with van der Waals surface area (Å²) in [6.45, 7) is 3.43. The second kappa shape index (κ2) is 14.4. The maximum atomic E-state index is 14.1. The zero-order valence-corrected chi connectivity index (χ0v) is 24.8. The maximum absolute atomic E-state index is 14.1. The van der Waals surface area contributed by atoms with Gasteiger partial charge in [0.15, 0.2) is 0 Å². The monoisotopic (exact) mass is 583 g/mol. The highest BCUT2D eigenvalue weighted by molar-refractivity contribution is 7.92. The zero-order valence-electron chi connectivity index (χ0n) is 24.0. The predicted molar refractivity (Wildman–Crippen MR) is 157 cm³/mol. The number of hydrogen-bond acceptors (Lipinski definition) is 7. The Bertz CT molecular complexity index is 1430. The van der Waals surface area contributed by atoms with Gasteiger partial charge < -0.3 is 24.4 Å². The number of nitrogens with one attached hydrogen (secondary N) is 1. The number of hydrogen-bond donors (Lipinski definition) is 1.